The standard InChI is InChI=1S/C24H39N7O6S/c1-14(32)19(22(35)29-17(23(36)37)10-12-38-2)31-21(34)18(13-15-7-4-3-5-8-15)30-20(33)16(25)9-6-11-28-24(26)27/h3-5,7-8,14,16-19,32H,6,9-13,25H2,1-2H3,(H,29,35)(H,30,33)(H,31,34)(H,36,37)(H4,26,27,28). The fraction of sp³-hybridized carbons (Fsp3) is 0.542. The van der Waals surface area contributed by atoms with Gasteiger partial charge >= 0.3 is 5.97 Å². The Bertz CT molecular complexity index is 943. The Labute approximate surface area is 226 Å². The molecule has 0 aliphatic rings. The summed E-state index contributed by atoms with van der Waals surface area (Å²) in [6, 6.07) is 4.16. The van der Waals surface area contributed by atoms with Gasteiger partial charge in [0, 0.05) is 13.0 Å². The summed E-state index contributed by atoms with van der Waals surface area (Å²) < 4.78 is 0. The van der Waals surface area contributed by atoms with E-state index in [1.807, 2.05) is 0 Å². The molecule has 38 heavy (non-hydrogen) atoms. The van der Waals surface area contributed by atoms with E-state index in [4.69, 9.17) is 17.2 Å². The Balaban J connectivity index is 2.99. The quantitative estimate of drug-likeness (QED) is 0.0617. The van der Waals surface area contributed by atoms with Crippen molar-refractivity contribution in [1.29, 1.82) is 0 Å². The number of aliphatic carboxylic acids is 1. The largest absolute Gasteiger partial charge is 0.480 e. The molecule has 1 aromatic carbocycles. The van der Waals surface area contributed by atoms with Crippen LogP contribution in [-0.4, -0.2) is 88.7 Å². The minimum atomic E-state index is -1.46. The highest BCUT2D eigenvalue weighted by Gasteiger charge is 2.32. The number of nitrogens with zero attached hydrogens (tertiary/aromatic N) is 1. The molecular weight excluding hydrogens is 514 g/mol. The van der Waals surface area contributed by atoms with Gasteiger partial charge in [-0.1, -0.05) is 30.3 Å². The van der Waals surface area contributed by atoms with Crippen molar-refractivity contribution in [2.45, 2.75) is 62.9 Å². The van der Waals surface area contributed by atoms with Gasteiger partial charge in [-0.3, -0.25) is 19.4 Å². The molecule has 212 valence electrons. The normalized spacial score (nSPS) is 14.7. The van der Waals surface area contributed by atoms with Gasteiger partial charge in [0.2, 0.25) is 17.7 Å². The third-order valence-corrected chi connectivity index (χ3v) is 6.15. The van der Waals surface area contributed by atoms with E-state index in [-0.39, 0.29) is 31.8 Å². The molecule has 11 N–H and O–H groups in total. The summed E-state index contributed by atoms with van der Waals surface area (Å²) in [5, 5.41) is 27.0. The van der Waals surface area contributed by atoms with E-state index in [1.54, 1.807) is 36.6 Å². The van der Waals surface area contributed by atoms with Crippen molar-refractivity contribution < 1.29 is 29.4 Å². The van der Waals surface area contributed by atoms with Crippen molar-refractivity contribution in [1.82, 2.24) is 16.0 Å². The number of aliphatic hydroxyl groups excluding tert-OH is 1. The van der Waals surface area contributed by atoms with Gasteiger partial charge in [0.1, 0.15) is 18.1 Å². The zero-order valence-electron chi connectivity index (χ0n) is 21.6. The first-order valence-corrected chi connectivity index (χ1v) is 13.5. The van der Waals surface area contributed by atoms with E-state index < -0.39 is 54.0 Å². The second-order valence-electron chi connectivity index (χ2n) is 8.71. The van der Waals surface area contributed by atoms with E-state index in [2.05, 4.69) is 20.9 Å². The lowest BCUT2D eigenvalue weighted by Gasteiger charge is -2.26. The van der Waals surface area contributed by atoms with Crippen LogP contribution in [0.1, 0.15) is 31.7 Å². The number of amides is 3. The van der Waals surface area contributed by atoms with Crippen molar-refractivity contribution in [3.05, 3.63) is 35.9 Å². The Morgan fingerprint density at radius 1 is 0.974 bits per heavy atom. The lowest BCUT2D eigenvalue weighted by atomic mass is 10.0. The Kier molecular flexibility index (Phi) is 14.8. The molecule has 0 radical (unpaired) electrons. The van der Waals surface area contributed by atoms with Crippen LogP contribution in [0.4, 0.5) is 0 Å². The number of thioether (sulfide) groups is 1. The third kappa shape index (κ3) is 12.3. The molecule has 0 fully saturated rings. The van der Waals surface area contributed by atoms with Crippen LogP contribution < -0.4 is 33.2 Å². The van der Waals surface area contributed by atoms with E-state index in [0.29, 0.717) is 12.2 Å². The fourth-order valence-electron chi connectivity index (χ4n) is 3.40. The smallest absolute Gasteiger partial charge is 0.326 e. The number of carboxylic acids is 1. The highest BCUT2D eigenvalue weighted by molar-refractivity contribution is 7.98. The van der Waals surface area contributed by atoms with Gasteiger partial charge in [-0.15, -0.1) is 0 Å². The maximum Gasteiger partial charge on any atom is 0.326 e. The number of aliphatic imine (C=N–C) groups is 1. The van der Waals surface area contributed by atoms with Crippen LogP contribution in [0, 0.1) is 0 Å². The molecule has 0 aromatic heterocycles. The number of guanidine groups is 1. The molecule has 0 aliphatic heterocycles. The number of rotatable bonds is 17. The first-order chi connectivity index (χ1) is 18.0. The number of hydrogen-bond acceptors (Lipinski definition) is 8. The van der Waals surface area contributed by atoms with Gasteiger partial charge in [0.05, 0.1) is 12.1 Å². The van der Waals surface area contributed by atoms with E-state index in [1.165, 1.54) is 18.7 Å². The summed E-state index contributed by atoms with van der Waals surface area (Å²) in [6.07, 6.45) is 1.40. The maximum absolute atomic E-state index is 13.2. The number of carbonyl (C=O) groups is 4. The SMILES string of the molecule is CSCCC(NC(=O)C(NC(=O)C(Cc1ccccc1)NC(=O)C(N)CCCN=C(N)N)C(C)O)C(=O)O. The first-order valence-electron chi connectivity index (χ1n) is 12.1. The average molecular weight is 554 g/mol. The molecule has 1 aromatic rings. The lowest BCUT2D eigenvalue weighted by molar-refractivity contribution is -0.143. The van der Waals surface area contributed by atoms with Crippen LogP contribution in [-0.2, 0) is 25.6 Å². The molecule has 5 atom stereocenters. The van der Waals surface area contributed by atoms with Crippen LogP contribution in [0.2, 0.25) is 0 Å². The molecule has 0 aliphatic carbocycles. The predicted molar refractivity (Wildman–Crippen MR) is 146 cm³/mol. The number of carboxylic acid groups (broad SMARTS) is 1. The van der Waals surface area contributed by atoms with Gasteiger partial charge < -0.3 is 43.4 Å². The Hall–Kier alpha value is -3.36. The fourth-order valence-corrected chi connectivity index (χ4v) is 3.87. The minimum Gasteiger partial charge on any atom is -0.480 e. The summed E-state index contributed by atoms with van der Waals surface area (Å²) in [4.78, 5) is 54.2. The van der Waals surface area contributed by atoms with Crippen molar-refractivity contribution >= 4 is 41.4 Å². The van der Waals surface area contributed by atoms with Crippen molar-refractivity contribution in [3.63, 3.8) is 0 Å². The number of carbonyl (C=O) groups excluding carboxylic acids is 3. The monoisotopic (exact) mass is 553 g/mol. The van der Waals surface area contributed by atoms with Crippen molar-refractivity contribution in [2.24, 2.45) is 22.2 Å². The molecule has 0 saturated carbocycles. The van der Waals surface area contributed by atoms with E-state index in [9.17, 15) is 29.4 Å². The highest BCUT2D eigenvalue weighted by Crippen LogP contribution is 2.07. The summed E-state index contributed by atoms with van der Waals surface area (Å²) >= 11 is 1.42. The zero-order chi connectivity index (χ0) is 28.7. The molecule has 1 rings (SSSR count). The summed E-state index contributed by atoms with van der Waals surface area (Å²) in [5.41, 5.74) is 17.3. The number of hydrogen-bond donors (Lipinski definition) is 8. The molecule has 13 nitrogen and oxygen atoms in total. The molecule has 14 heteroatoms. The third-order valence-electron chi connectivity index (χ3n) is 5.51. The minimum absolute atomic E-state index is 0.0711. The molecule has 0 heterocycles. The highest BCUT2D eigenvalue weighted by atomic mass is 32.2. The van der Waals surface area contributed by atoms with Gasteiger partial charge in [-0.25, -0.2) is 4.79 Å². The summed E-state index contributed by atoms with van der Waals surface area (Å²) in [7, 11) is 0. The van der Waals surface area contributed by atoms with Gasteiger partial charge in [0.15, 0.2) is 5.96 Å². The maximum atomic E-state index is 13.2. The molecule has 0 saturated heterocycles. The van der Waals surface area contributed by atoms with Crippen molar-refractivity contribution in [2.75, 3.05) is 18.6 Å². The lowest BCUT2D eigenvalue weighted by Crippen LogP contribution is -2.60. The summed E-state index contributed by atoms with van der Waals surface area (Å²) in [6.45, 7) is 1.58. The van der Waals surface area contributed by atoms with Gasteiger partial charge in [-0.05, 0) is 43.8 Å². The molecular formula is C24H39N7O6S. The van der Waals surface area contributed by atoms with Crippen molar-refractivity contribution in [3.8, 4) is 0 Å². The van der Waals surface area contributed by atoms with Crippen LogP contribution >= 0.6 is 11.8 Å². The average Bonchev–Trinajstić information content (AvgIpc) is 2.86. The first kappa shape index (κ1) is 32.7. The second-order valence-corrected chi connectivity index (χ2v) is 9.70. The van der Waals surface area contributed by atoms with E-state index >= 15 is 0 Å². The number of nitrogens with two attached hydrogens (primary N) is 3. The number of aliphatic hydroxyl groups is 1. The number of nitrogens with one attached hydrogen (secondary N) is 3. The van der Waals surface area contributed by atoms with Crippen LogP contribution in [0.3, 0.4) is 0 Å². The second kappa shape index (κ2) is 17.2. The zero-order valence-corrected chi connectivity index (χ0v) is 22.4. The van der Waals surface area contributed by atoms with Gasteiger partial charge in [0.25, 0.3) is 0 Å². The Morgan fingerprint density at radius 2 is 1.61 bits per heavy atom. The predicted octanol–water partition coefficient (Wildman–Crippen LogP) is -1.72. The van der Waals surface area contributed by atoms with E-state index in [0.717, 1.165) is 5.56 Å². The van der Waals surface area contributed by atoms with Gasteiger partial charge in [-0.2, -0.15) is 11.8 Å². The topological polar surface area (TPSA) is 235 Å². The molecule has 0 bridgehead atoms. The Morgan fingerprint density at radius 3 is 2.16 bits per heavy atom. The molecule has 0 spiro atoms. The van der Waals surface area contributed by atoms with Crippen LogP contribution in [0.25, 0.3) is 0 Å². The van der Waals surface area contributed by atoms with Crippen LogP contribution in [0.5, 0.6) is 0 Å². The summed E-state index contributed by atoms with van der Waals surface area (Å²) in [5.74, 6) is -3.01. The van der Waals surface area contributed by atoms with Crippen LogP contribution in [0.15, 0.2) is 35.3 Å². The molecule has 5 unspecified atom stereocenters. The number of benzene rings is 1. The molecule has 3 amide bonds.